The number of carboxylic acids is 1. The number of allylic oxidation sites excluding steroid dienone is 2. The molecular formula is C18H28O2. The van der Waals surface area contributed by atoms with E-state index >= 15 is 0 Å². The maximum atomic E-state index is 12.2. The van der Waals surface area contributed by atoms with E-state index in [0.717, 1.165) is 18.8 Å². The quantitative estimate of drug-likeness (QED) is 0.770. The zero-order valence-electron chi connectivity index (χ0n) is 13.1. The van der Waals surface area contributed by atoms with Gasteiger partial charge in [-0.15, -0.1) is 0 Å². The standard InChI is InChI=1S/C18H28O2/c1-12-4-7-14(8-5-12)17(2,3)18(16(19)20)11-13-6-9-15(18)10-13/h6,9,12-15H,4-5,7-8,10-11H2,1-3H3,(H,19,20). The van der Waals surface area contributed by atoms with Crippen molar-refractivity contribution in [2.75, 3.05) is 0 Å². The van der Waals surface area contributed by atoms with Crippen molar-refractivity contribution in [2.24, 2.45) is 34.5 Å². The zero-order valence-corrected chi connectivity index (χ0v) is 13.1. The van der Waals surface area contributed by atoms with Crippen LogP contribution in [0.2, 0.25) is 0 Å². The third-order valence-corrected chi connectivity index (χ3v) is 6.96. The Bertz CT molecular complexity index is 429. The van der Waals surface area contributed by atoms with E-state index in [9.17, 15) is 9.90 Å². The number of aliphatic carboxylic acids is 1. The maximum absolute atomic E-state index is 12.2. The number of carbonyl (C=O) groups is 1. The van der Waals surface area contributed by atoms with Gasteiger partial charge in [0.1, 0.15) is 0 Å². The largest absolute Gasteiger partial charge is 0.481 e. The molecule has 2 bridgehead atoms. The summed E-state index contributed by atoms with van der Waals surface area (Å²) in [6, 6.07) is 0. The van der Waals surface area contributed by atoms with Gasteiger partial charge in [0.05, 0.1) is 5.41 Å². The van der Waals surface area contributed by atoms with Gasteiger partial charge in [0.15, 0.2) is 0 Å². The van der Waals surface area contributed by atoms with Crippen molar-refractivity contribution in [1.29, 1.82) is 0 Å². The van der Waals surface area contributed by atoms with Gasteiger partial charge in [-0.25, -0.2) is 0 Å². The second-order valence-corrected chi connectivity index (χ2v) is 8.15. The monoisotopic (exact) mass is 276 g/mol. The normalized spacial score (nSPS) is 44.0. The number of carboxylic acid groups (broad SMARTS) is 1. The minimum Gasteiger partial charge on any atom is -0.481 e. The molecule has 3 aliphatic rings. The Morgan fingerprint density at radius 2 is 1.85 bits per heavy atom. The molecule has 2 fully saturated rings. The highest BCUT2D eigenvalue weighted by Gasteiger charge is 2.63. The van der Waals surface area contributed by atoms with Gasteiger partial charge in [0, 0.05) is 0 Å². The van der Waals surface area contributed by atoms with Crippen LogP contribution in [0.25, 0.3) is 0 Å². The smallest absolute Gasteiger partial charge is 0.310 e. The van der Waals surface area contributed by atoms with Gasteiger partial charge in [-0.05, 0) is 54.8 Å². The number of hydrogen-bond donors (Lipinski definition) is 1. The lowest BCUT2D eigenvalue weighted by Crippen LogP contribution is -2.51. The van der Waals surface area contributed by atoms with E-state index < -0.39 is 11.4 Å². The minimum atomic E-state index is -0.544. The van der Waals surface area contributed by atoms with Crippen LogP contribution < -0.4 is 0 Å². The average molecular weight is 276 g/mol. The molecule has 2 saturated carbocycles. The molecule has 3 rings (SSSR count). The summed E-state index contributed by atoms with van der Waals surface area (Å²) in [5.74, 6) is 1.63. The molecule has 3 atom stereocenters. The summed E-state index contributed by atoms with van der Waals surface area (Å²) in [4.78, 5) is 12.2. The Balaban J connectivity index is 1.91. The Labute approximate surface area is 122 Å². The SMILES string of the molecule is CC1CCC(C(C)(C)C2(C(=O)O)CC3C=CC2C3)CC1. The summed E-state index contributed by atoms with van der Waals surface area (Å²) in [6.07, 6.45) is 11.4. The fraction of sp³-hybridized carbons (Fsp3) is 0.833. The minimum absolute atomic E-state index is 0.0941. The second kappa shape index (κ2) is 4.61. The highest BCUT2D eigenvalue weighted by atomic mass is 16.4. The summed E-state index contributed by atoms with van der Waals surface area (Å²) < 4.78 is 0. The van der Waals surface area contributed by atoms with E-state index in [1.54, 1.807) is 0 Å². The molecule has 0 heterocycles. The molecule has 0 aliphatic heterocycles. The third kappa shape index (κ3) is 1.79. The predicted octanol–water partition coefficient (Wildman–Crippen LogP) is 4.51. The molecule has 3 unspecified atom stereocenters. The summed E-state index contributed by atoms with van der Waals surface area (Å²) in [6.45, 7) is 6.82. The Hall–Kier alpha value is -0.790. The van der Waals surface area contributed by atoms with Crippen molar-refractivity contribution >= 4 is 5.97 Å². The molecular weight excluding hydrogens is 248 g/mol. The van der Waals surface area contributed by atoms with Crippen molar-refractivity contribution in [1.82, 2.24) is 0 Å². The molecule has 0 radical (unpaired) electrons. The lowest BCUT2D eigenvalue weighted by molar-refractivity contribution is -0.165. The van der Waals surface area contributed by atoms with Crippen LogP contribution in [-0.4, -0.2) is 11.1 Å². The van der Waals surface area contributed by atoms with Crippen LogP contribution >= 0.6 is 0 Å². The second-order valence-electron chi connectivity index (χ2n) is 8.15. The van der Waals surface area contributed by atoms with Gasteiger partial charge in [0.25, 0.3) is 0 Å². The van der Waals surface area contributed by atoms with Crippen LogP contribution in [0.5, 0.6) is 0 Å². The first-order chi connectivity index (χ1) is 9.38. The van der Waals surface area contributed by atoms with Crippen LogP contribution in [0.3, 0.4) is 0 Å². The van der Waals surface area contributed by atoms with Crippen LogP contribution in [0, 0.1) is 34.5 Å². The van der Waals surface area contributed by atoms with Crippen LogP contribution in [0.4, 0.5) is 0 Å². The van der Waals surface area contributed by atoms with E-state index in [-0.39, 0.29) is 11.3 Å². The molecule has 0 saturated heterocycles. The van der Waals surface area contributed by atoms with Gasteiger partial charge in [-0.2, -0.15) is 0 Å². The fourth-order valence-corrected chi connectivity index (χ4v) is 5.46. The summed E-state index contributed by atoms with van der Waals surface area (Å²) >= 11 is 0. The maximum Gasteiger partial charge on any atom is 0.310 e. The number of fused-ring (bicyclic) bond motifs is 2. The van der Waals surface area contributed by atoms with Crippen molar-refractivity contribution in [3.8, 4) is 0 Å². The zero-order chi connectivity index (χ0) is 14.5. The molecule has 20 heavy (non-hydrogen) atoms. The van der Waals surface area contributed by atoms with E-state index in [1.807, 2.05) is 0 Å². The summed E-state index contributed by atoms with van der Waals surface area (Å²) in [7, 11) is 0. The van der Waals surface area contributed by atoms with Gasteiger partial charge < -0.3 is 5.11 Å². The Kier molecular flexibility index (Phi) is 3.26. The van der Waals surface area contributed by atoms with Crippen LogP contribution in [0.1, 0.15) is 59.3 Å². The number of hydrogen-bond acceptors (Lipinski definition) is 1. The first-order valence-electron chi connectivity index (χ1n) is 8.29. The van der Waals surface area contributed by atoms with Gasteiger partial charge >= 0.3 is 5.97 Å². The Morgan fingerprint density at radius 3 is 2.30 bits per heavy atom. The first-order valence-corrected chi connectivity index (χ1v) is 8.29. The van der Waals surface area contributed by atoms with Crippen LogP contribution in [-0.2, 0) is 4.79 Å². The fourth-order valence-electron chi connectivity index (χ4n) is 5.46. The van der Waals surface area contributed by atoms with Gasteiger partial charge in [0.2, 0.25) is 0 Å². The van der Waals surface area contributed by atoms with E-state index in [4.69, 9.17) is 0 Å². The molecule has 1 N–H and O–H groups in total. The molecule has 0 amide bonds. The highest BCUT2D eigenvalue weighted by molar-refractivity contribution is 5.78. The lowest BCUT2D eigenvalue weighted by Gasteiger charge is -2.51. The third-order valence-electron chi connectivity index (χ3n) is 6.96. The molecule has 2 heteroatoms. The predicted molar refractivity (Wildman–Crippen MR) is 80.3 cm³/mol. The van der Waals surface area contributed by atoms with Crippen molar-refractivity contribution in [3.05, 3.63) is 12.2 Å². The Morgan fingerprint density at radius 1 is 1.20 bits per heavy atom. The van der Waals surface area contributed by atoms with E-state index in [1.165, 1.54) is 25.7 Å². The van der Waals surface area contributed by atoms with E-state index in [2.05, 4.69) is 32.9 Å². The molecule has 0 aromatic rings. The number of rotatable bonds is 3. The summed E-state index contributed by atoms with van der Waals surface area (Å²) in [5, 5.41) is 10.1. The van der Waals surface area contributed by atoms with Crippen LogP contribution in [0.15, 0.2) is 12.2 Å². The molecule has 0 spiro atoms. The van der Waals surface area contributed by atoms with Crippen molar-refractivity contribution in [2.45, 2.75) is 59.3 Å². The lowest BCUT2D eigenvalue weighted by atomic mass is 9.51. The van der Waals surface area contributed by atoms with Gasteiger partial charge in [-0.3, -0.25) is 4.79 Å². The van der Waals surface area contributed by atoms with Crippen molar-refractivity contribution < 1.29 is 9.90 Å². The average Bonchev–Trinajstić information content (AvgIpc) is 3.00. The molecule has 2 nitrogen and oxygen atoms in total. The summed E-state index contributed by atoms with van der Waals surface area (Å²) in [5.41, 5.74) is -0.610. The first kappa shape index (κ1) is 14.2. The highest BCUT2D eigenvalue weighted by Crippen LogP contribution is 2.64. The van der Waals surface area contributed by atoms with Gasteiger partial charge in [-0.1, -0.05) is 45.8 Å². The molecule has 3 aliphatic carbocycles. The molecule has 112 valence electrons. The molecule has 0 aromatic carbocycles. The molecule has 0 aromatic heterocycles. The topological polar surface area (TPSA) is 37.3 Å². The van der Waals surface area contributed by atoms with E-state index in [0.29, 0.717) is 11.8 Å². The van der Waals surface area contributed by atoms with Crippen molar-refractivity contribution in [3.63, 3.8) is 0 Å².